The molecule has 7 nitrogen and oxygen atoms in total. The van der Waals surface area contributed by atoms with Gasteiger partial charge in [0.1, 0.15) is 5.60 Å². The van der Waals surface area contributed by atoms with E-state index < -0.39 is 11.6 Å². The van der Waals surface area contributed by atoms with E-state index in [2.05, 4.69) is 21.7 Å². The molecule has 0 saturated carbocycles. The van der Waals surface area contributed by atoms with Crippen LogP contribution in [0.2, 0.25) is 10.0 Å². The van der Waals surface area contributed by atoms with Crippen molar-refractivity contribution in [1.29, 1.82) is 0 Å². The van der Waals surface area contributed by atoms with Crippen LogP contribution in [0.5, 0.6) is 0 Å². The molecule has 188 valence electrons. The average Bonchev–Trinajstić information content (AvgIpc) is 2.84. The third kappa shape index (κ3) is 6.09. The van der Waals surface area contributed by atoms with E-state index >= 15 is 0 Å². The van der Waals surface area contributed by atoms with Gasteiger partial charge in [-0.05, 0) is 67.5 Å². The van der Waals surface area contributed by atoms with Crippen molar-refractivity contribution in [2.45, 2.75) is 39.3 Å². The predicted molar refractivity (Wildman–Crippen MR) is 144 cm³/mol. The molecule has 0 fully saturated rings. The molecule has 0 aliphatic carbocycles. The summed E-state index contributed by atoms with van der Waals surface area (Å²) in [6, 6.07) is 10.6. The molecule has 0 saturated heterocycles. The van der Waals surface area contributed by atoms with Gasteiger partial charge in [-0.3, -0.25) is 4.98 Å². The first kappa shape index (κ1) is 25.8. The van der Waals surface area contributed by atoms with Gasteiger partial charge in [0.05, 0.1) is 15.7 Å². The van der Waals surface area contributed by atoms with Gasteiger partial charge in [0.2, 0.25) is 0 Å². The molecule has 2 aromatic carbocycles. The summed E-state index contributed by atoms with van der Waals surface area (Å²) in [7, 11) is 0. The minimum Gasteiger partial charge on any atom is -0.444 e. The lowest BCUT2D eigenvalue weighted by atomic mass is 9.94. The minimum atomic E-state index is -0.546. The number of hydrogen-bond donors (Lipinski definition) is 2. The number of carbonyl (C=O) groups excluding carboxylic acids is 2. The Balaban J connectivity index is 1.51. The number of urea groups is 1. The first-order valence-electron chi connectivity index (χ1n) is 11.6. The van der Waals surface area contributed by atoms with Gasteiger partial charge in [0.15, 0.2) is 0 Å². The number of hydrogen-bond acceptors (Lipinski definition) is 4. The summed E-state index contributed by atoms with van der Waals surface area (Å²) < 4.78 is 5.57. The van der Waals surface area contributed by atoms with E-state index in [9.17, 15) is 9.59 Å². The molecular weight excluding hydrogens is 499 g/mol. The second-order valence-electron chi connectivity index (χ2n) is 9.52. The first-order chi connectivity index (χ1) is 17.1. The van der Waals surface area contributed by atoms with Crippen molar-refractivity contribution in [3.63, 3.8) is 0 Å². The van der Waals surface area contributed by atoms with Gasteiger partial charge in [0.25, 0.3) is 0 Å². The van der Waals surface area contributed by atoms with Crippen LogP contribution >= 0.6 is 23.2 Å². The van der Waals surface area contributed by atoms with E-state index in [0.717, 1.165) is 33.9 Å². The number of amides is 3. The fraction of sp³-hybridized carbons (Fsp3) is 0.296. The zero-order chi connectivity index (χ0) is 25.9. The molecule has 2 N–H and O–H groups in total. The molecule has 0 bridgehead atoms. The van der Waals surface area contributed by atoms with E-state index in [4.69, 9.17) is 27.9 Å². The van der Waals surface area contributed by atoms with Crippen LogP contribution in [0.3, 0.4) is 0 Å². The second kappa shape index (κ2) is 10.8. The van der Waals surface area contributed by atoms with Crippen molar-refractivity contribution in [3.05, 3.63) is 76.0 Å². The Morgan fingerprint density at radius 1 is 1.11 bits per heavy atom. The van der Waals surface area contributed by atoms with Crippen LogP contribution in [-0.2, 0) is 11.3 Å². The van der Waals surface area contributed by atoms with Crippen molar-refractivity contribution in [2.75, 3.05) is 18.4 Å². The summed E-state index contributed by atoms with van der Waals surface area (Å²) in [4.78, 5) is 31.2. The van der Waals surface area contributed by atoms with Crippen LogP contribution < -0.4 is 10.6 Å². The maximum absolute atomic E-state index is 12.6. The minimum absolute atomic E-state index is 0.287. The standard InChI is InChI=1S/C27H28Cl2N4O3/c1-27(2,3)36-26(35)33-13-5-6-18(16-33)19-10-9-17(21-15-30-12-11-20(19)21)14-31-25(34)32-23-8-4-7-22(28)24(23)29/h4,6-12,15H,5,13-14,16H2,1-3H3,(H2,31,32,34). The van der Waals surface area contributed by atoms with Crippen LogP contribution in [0.15, 0.2) is 54.9 Å². The van der Waals surface area contributed by atoms with Gasteiger partial charge >= 0.3 is 12.1 Å². The lowest BCUT2D eigenvalue weighted by Crippen LogP contribution is -2.39. The predicted octanol–water partition coefficient (Wildman–Crippen LogP) is 6.89. The van der Waals surface area contributed by atoms with E-state index in [1.807, 2.05) is 39.0 Å². The van der Waals surface area contributed by atoms with Crippen molar-refractivity contribution in [3.8, 4) is 0 Å². The Bertz CT molecular complexity index is 1330. The monoisotopic (exact) mass is 526 g/mol. The number of ether oxygens (including phenoxy) is 1. The normalized spacial score (nSPS) is 13.8. The molecule has 0 radical (unpaired) electrons. The van der Waals surface area contributed by atoms with E-state index in [1.54, 1.807) is 35.5 Å². The molecule has 2 heterocycles. The Kier molecular flexibility index (Phi) is 7.71. The third-order valence-electron chi connectivity index (χ3n) is 5.70. The number of pyridine rings is 1. The fourth-order valence-electron chi connectivity index (χ4n) is 4.05. The van der Waals surface area contributed by atoms with Crippen molar-refractivity contribution >= 4 is 57.4 Å². The van der Waals surface area contributed by atoms with Gasteiger partial charge in [-0.15, -0.1) is 0 Å². The van der Waals surface area contributed by atoms with Gasteiger partial charge in [-0.2, -0.15) is 0 Å². The molecule has 3 amide bonds. The molecule has 0 atom stereocenters. The molecule has 4 rings (SSSR count). The van der Waals surface area contributed by atoms with E-state index in [-0.39, 0.29) is 17.7 Å². The van der Waals surface area contributed by atoms with Crippen LogP contribution in [0.4, 0.5) is 15.3 Å². The summed E-state index contributed by atoms with van der Waals surface area (Å²) in [5.41, 5.74) is 2.88. The average molecular weight is 527 g/mol. The number of aromatic nitrogens is 1. The number of rotatable bonds is 4. The van der Waals surface area contributed by atoms with E-state index in [1.165, 1.54) is 0 Å². The zero-order valence-corrected chi connectivity index (χ0v) is 21.9. The zero-order valence-electron chi connectivity index (χ0n) is 20.4. The van der Waals surface area contributed by atoms with Gasteiger partial charge in [-0.1, -0.05) is 47.5 Å². The highest BCUT2D eigenvalue weighted by atomic mass is 35.5. The van der Waals surface area contributed by atoms with Crippen LogP contribution in [0.25, 0.3) is 16.3 Å². The highest BCUT2D eigenvalue weighted by Gasteiger charge is 2.25. The SMILES string of the molecule is CC(C)(C)OC(=O)N1CCC=C(c2ccc(CNC(=O)Nc3cccc(Cl)c3Cl)c3cnccc23)C1. The van der Waals surface area contributed by atoms with Crippen LogP contribution in [0, 0.1) is 0 Å². The Morgan fingerprint density at radius 3 is 2.69 bits per heavy atom. The Morgan fingerprint density at radius 2 is 1.92 bits per heavy atom. The van der Waals surface area contributed by atoms with Crippen LogP contribution in [-0.4, -0.2) is 40.7 Å². The molecule has 0 unspecified atom stereocenters. The number of fused-ring (bicyclic) bond motifs is 1. The Hall–Kier alpha value is -3.29. The number of nitrogens with zero attached hydrogens (tertiary/aromatic N) is 2. The number of benzene rings is 2. The molecule has 9 heteroatoms. The van der Waals surface area contributed by atoms with E-state index in [0.29, 0.717) is 23.8 Å². The highest BCUT2D eigenvalue weighted by molar-refractivity contribution is 6.43. The molecule has 0 spiro atoms. The Labute approximate surface area is 220 Å². The van der Waals surface area contributed by atoms with Gasteiger partial charge in [0, 0.05) is 37.4 Å². The lowest BCUT2D eigenvalue weighted by molar-refractivity contribution is 0.0273. The maximum Gasteiger partial charge on any atom is 0.410 e. The summed E-state index contributed by atoms with van der Waals surface area (Å²) >= 11 is 12.2. The fourth-order valence-corrected chi connectivity index (χ4v) is 4.39. The number of halogens is 2. The van der Waals surface area contributed by atoms with Crippen molar-refractivity contribution < 1.29 is 14.3 Å². The highest BCUT2D eigenvalue weighted by Crippen LogP contribution is 2.31. The smallest absolute Gasteiger partial charge is 0.410 e. The molecule has 36 heavy (non-hydrogen) atoms. The molecule has 1 aliphatic rings. The molecule has 1 aromatic heterocycles. The summed E-state index contributed by atoms with van der Waals surface area (Å²) in [5.74, 6) is 0. The molecule has 1 aliphatic heterocycles. The first-order valence-corrected chi connectivity index (χ1v) is 12.4. The maximum atomic E-state index is 12.6. The van der Waals surface area contributed by atoms with Crippen molar-refractivity contribution in [1.82, 2.24) is 15.2 Å². The number of carbonyl (C=O) groups is 2. The molecular formula is C27H28Cl2N4O3. The van der Waals surface area contributed by atoms with Crippen LogP contribution in [0.1, 0.15) is 38.3 Å². The summed E-state index contributed by atoms with van der Waals surface area (Å²) in [6.07, 6.45) is 6.13. The number of nitrogens with one attached hydrogen (secondary N) is 2. The van der Waals surface area contributed by atoms with Gasteiger partial charge in [-0.25, -0.2) is 9.59 Å². The van der Waals surface area contributed by atoms with Gasteiger partial charge < -0.3 is 20.3 Å². The summed E-state index contributed by atoms with van der Waals surface area (Å²) in [6.45, 7) is 6.96. The quantitative estimate of drug-likeness (QED) is 0.387. The summed E-state index contributed by atoms with van der Waals surface area (Å²) in [5, 5.41) is 8.16. The largest absolute Gasteiger partial charge is 0.444 e. The topological polar surface area (TPSA) is 83.6 Å². The lowest BCUT2D eigenvalue weighted by Gasteiger charge is -2.30. The number of anilines is 1. The third-order valence-corrected chi connectivity index (χ3v) is 6.52. The van der Waals surface area contributed by atoms with Crippen molar-refractivity contribution in [2.24, 2.45) is 0 Å². The molecule has 3 aromatic rings. The second-order valence-corrected chi connectivity index (χ2v) is 10.3.